The zero-order chi connectivity index (χ0) is 14.2. The second-order valence-electron chi connectivity index (χ2n) is 6.24. The predicted octanol–water partition coefficient (Wildman–Crippen LogP) is 3.05. The van der Waals surface area contributed by atoms with Gasteiger partial charge in [-0.3, -0.25) is 4.79 Å². The molecular weight excluding hydrogens is 272 g/mol. The maximum absolute atomic E-state index is 12.3. The number of piperidine rings is 1. The van der Waals surface area contributed by atoms with E-state index in [-0.39, 0.29) is 11.9 Å². The van der Waals surface area contributed by atoms with Gasteiger partial charge in [0.05, 0.1) is 0 Å². The lowest BCUT2D eigenvalue weighted by atomic mass is 9.70. The van der Waals surface area contributed by atoms with E-state index in [9.17, 15) is 4.79 Å². The number of carbonyl (C=O) groups excluding carboxylic acids is 1. The molecule has 3 nitrogen and oxygen atoms in total. The number of hydrogen-bond acceptors (Lipinski definition) is 2. The molecule has 0 aromatic heterocycles. The Bertz CT molecular complexity index is 505. The highest BCUT2D eigenvalue weighted by atomic mass is 35.5. The Labute approximate surface area is 125 Å². The first-order chi connectivity index (χ1) is 9.56. The summed E-state index contributed by atoms with van der Waals surface area (Å²) in [5.41, 5.74) is 1.99. The Hall–Kier alpha value is -1.06. The minimum Gasteiger partial charge on any atom is -0.349 e. The maximum Gasteiger partial charge on any atom is 0.251 e. The van der Waals surface area contributed by atoms with Gasteiger partial charge in [-0.05, 0) is 69.3 Å². The molecule has 4 heteroatoms. The first-order valence-electron chi connectivity index (χ1n) is 7.39. The number of benzene rings is 1. The Kier molecular flexibility index (Phi) is 3.74. The van der Waals surface area contributed by atoms with E-state index in [0.29, 0.717) is 16.1 Å². The monoisotopic (exact) mass is 292 g/mol. The molecule has 1 aliphatic carbocycles. The van der Waals surface area contributed by atoms with Gasteiger partial charge in [0, 0.05) is 22.2 Å². The van der Waals surface area contributed by atoms with Crippen LogP contribution in [0, 0.1) is 6.92 Å². The van der Waals surface area contributed by atoms with Crippen molar-refractivity contribution in [1.29, 1.82) is 0 Å². The molecule has 1 saturated heterocycles. The number of carbonyl (C=O) groups is 1. The molecule has 0 radical (unpaired) electrons. The molecule has 2 N–H and O–H groups in total. The molecule has 1 aromatic carbocycles. The smallest absolute Gasteiger partial charge is 0.251 e. The molecule has 1 amide bonds. The normalized spacial score (nSPS) is 24.2. The molecule has 108 valence electrons. The standard InChI is InChI=1S/C16H21ClN2O/c1-11-7-12(9-13(17)8-11)15(20)19-14-3-6-18-16(10-14)4-2-5-16/h7-9,14,18H,2-6,10H2,1H3,(H,19,20). The van der Waals surface area contributed by atoms with Gasteiger partial charge in [-0.2, -0.15) is 0 Å². The van der Waals surface area contributed by atoms with Gasteiger partial charge in [-0.25, -0.2) is 0 Å². The minimum atomic E-state index is -0.00280. The number of nitrogens with one attached hydrogen (secondary N) is 2. The molecule has 0 bridgehead atoms. The number of halogens is 1. The lowest BCUT2D eigenvalue weighted by Gasteiger charge is -2.48. The zero-order valence-electron chi connectivity index (χ0n) is 11.8. The summed E-state index contributed by atoms with van der Waals surface area (Å²) in [6.45, 7) is 2.95. The van der Waals surface area contributed by atoms with Gasteiger partial charge in [0.2, 0.25) is 0 Å². The average Bonchev–Trinajstić information content (AvgIpc) is 2.36. The highest BCUT2D eigenvalue weighted by molar-refractivity contribution is 6.31. The van der Waals surface area contributed by atoms with Crippen molar-refractivity contribution >= 4 is 17.5 Å². The molecule has 1 unspecified atom stereocenters. The zero-order valence-corrected chi connectivity index (χ0v) is 12.6. The summed E-state index contributed by atoms with van der Waals surface area (Å²) in [7, 11) is 0. The van der Waals surface area contributed by atoms with Crippen LogP contribution in [0.3, 0.4) is 0 Å². The van der Waals surface area contributed by atoms with Gasteiger partial charge < -0.3 is 10.6 Å². The van der Waals surface area contributed by atoms with E-state index in [2.05, 4.69) is 10.6 Å². The maximum atomic E-state index is 12.3. The van der Waals surface area contributed by atoms with E-state index in [4.69, 9.17) is 11.6 Å². The highest BCUT2D eigenvalue weighted by Gasteiger charge is 2.41. The topological polar surface area (TPSA) is 41.1 Å². The van der Waals surface area contributed by atoms with Crippen molar-refractivity contribution in [2.45, 2.75) is 50.6 Å². The third kappa shape index (κ3) is 2.84. The predicted molar refractivity (Wildman–Crippen MR) is 81.3 cm³/mol. The summed E-state index contributed by atoms with van der Waals surface area (Å²) < 4.78 is 0. The number of aryl methyl sites for hydroxylation is 1. The van der Waals surface area contributed by atoms with Crippen LogP contribution in [0.15, 0.2) is 18.2 Å². The van der Waals surface area contributed by atoms with Crippen LogP contribution in [-0.2, 0) is 0 Å². The molecule has 1 aromatic rings. The van der Waals surface area contributed by atoms with Crippen LogP contribution in [0.4, 0.5) is 0 Å². The van der Waals surface area contributed by atoms with Crippen molar-refractivity contribution in [1.82, 2.24) is 10.6 Å². The van der Waals surface area contributed by atoms with Gasteiger partial charge >= 0.3 is 0 Å². The van der Waals surface area contributed by atoms with Crippen LogP contribution in [0.2, 0.25) is 5.02 Å². The van der Waals surface area contributed by atoms with Crippen LogP contribution in [0.25, 0.3) is 0 Å². The fourth-order valence-corrected chi connectivity index (χ4v) is 3.69. The van der Waals surface area contributed by atoms with E-state index in [1.54, 1.807) is 6.07 Å². The Morgan fingerprint density at radius 2 is 2.20 bits per heavy atom. The lowest BCUT2D eigenvalue weighted by Crippen LogP contribution is -2.59. The van der Waals surface area contributed by atoms with Crippen LogP contribution in [0.5, 0.6) is 0 Å². The van der Waals surface area contributed by atoms with Gasteiger partial charge in [0.15, 0.2) is 0 Å². The van der Waals surface area contributed by atoms with E-state index in [0.717, 1.165) is 24.9 Å². The van der Waals surface area contributed by atoms with Crippen molar-refractivity contribution < 1.29 is 4.79 Å². The van der Waals surface area contributed by atoms with Crippen molar-refractivity contribution in [3.63, 3.8) is 0 Å². The first kappa shape index (κ1) is 13.9. The van der Waals surface area contributed by atoms with E-state index in [1.165, 1.54) is 19.3 Å². The quantitative estimate of drug-likeness (QED) is 0.880. The Balaban J connectivity index is 1.66. The van der Waals surface area contributed by atoms with Crippen molar-refractivity contribution in [3.05, 3.63) is 34.3 Å². The Morgan fingerprint density at radius 3 is 2.85 bits per heavy atom. The minimum absolute atomic E-state index is 0.00280. The van der Waals surface area contributed by atoms with Gasteiger partial charge in [-0.15, -0.1) is 0 Å². The third-order valence-corrected chi connectivity index (χ3v) is 4.80. The van der Waals surface area contributed by atoms with Crippen LogP contribution < -0.4 is 10.6 Å². The summed E-state index contributed by atoms with van der Waals surface area (Å²) in [4.78, 5) is 12.3. The molecule has 1 saturated carbocycles. The first-order valence-corrected chi connectivity index (χ1v) is 7.77. The van der Waals surface area contributed by atoms with Crippen molar-refractivity contribution in [2.24, 2.45) is 0 Å². The fraction of sp³-hybridized carbons (Fsp3) is 0.562. The molecule has 1 atom stereocenters. The fourth-order valence-electron chi connectivity index (χ4n) is 3.40. The van der Waals surface area contributed by atoms with Crippen LogP contribution in [-0.4, -0.2) is 24.0 Å². The lowest BCUT2D eigenvalue weighted by molar-refractivity contribution is 0.0853. The third-order valence-electron chi connectivity index (χ3n) is 4.58. The molecule has 1 spiro atoms. The molecule has 2 aliphatic rings. The van der Waals surface area contributed by atoms with E-state index < -0.39 is 0 Å². The van der Waals surface area contributed by atoms with Gasteiger partial charge in [0.25, 0.3) is 5.91 Å². The summed E-state index contributed by atoms with van der Waals surface area (Å²) >= 11 is 6.02. The molecule has 1 heterocycles. The summed E-state index contributed by atoms with van der Waals surface area (Å²) in [6, 6.07) is 5.78. The summed E-state index contributed by atoms with van der Waals surface area (Å²) in [6.07, 6.45) is 5.86. The number of hydrogen-bond donors (Lipinski definition) is 2. The average molecular weight is 293 g/mol. The van der Waals surface area contributed by atoms with Gasteiger partial charge in [0.1, 0.15) is 0 Å². The largest absolute Gasteiger partial charge is 0.349 e. The van der Waals surface area contributed by atoms with Crippen molar-refractivity contribution in [2.75, 3.05) is 6.54 Å². The highest BCUT2D eigenvalue weighted by Crippen LogP contribution is 2.38. The van der Waals surface area contributed by atoms with E-state index in [1.807, 2.05) is 19.1 Å². The second-order valence-corrected chi connectivity index (χ2v) is 6.68. The van der Waals surface area contributed by atoms with Crippen LogP contribution >= 0.6 is 11.6 Å². The van der Waals surface area contributed by atoms with Gasteiger partial charge in [-0.1, -0.05) is 11.6 Å². The number of rotatable bonds is 2. The second kappa shape index (κ2) is 5.38. The number of amides is 1. The molecule has 20 heavy (non-hydrogen) atoms. The molecule has 3 rings (SSSR count). The SMILES string of the molecule is Cc1cc(Cl)cc(C(=O)NC2CCNC3(CCC3)C2)c1. The molecular formula is C16H21ClN2O. The van der Waals surface area contributed by atoms with E-state index >= 15 is 0 Å². The summed E-state index contributed by atoms with van der Waals surface area (Å²) in [5, 5.41) is 7.42. The molecule has 1 aliphatic heterocycles. The van der Waals surface area contributed by atoms with Crippen LogP contribution in [0.1, 0.15) is 48.0 Å². The Morgan fingerprint density at radius 1 is 1.40 bits per heavy atom. The molecule has 2 fully saturated rings. The van der Waals surface area contributed by atoms with Crippen molar-refractivity contribution in [3.8, 4) is 0 Å². The summed E-state index contributed by atoms with van der Waals surface area (Å²) in [5.74, 6) is -0.00280.